The maximum absolute atomic E-state index is 13.9. The van der Waals surface area contributed by atoms with Gasteiger partial charge in [0.2, 0.25) is 0 Å². The topological polar surface area (TPSA) is 33.2 Å². The van der Waals surface area contributed by atoms with E-state index in [4.69, 9.17) is 11.6 Å². The van der Waals surface area contributed by atoms with Crippen LogP contribution in [0.25, 0.3) is 0 Å². The van der Waals surface area contributed by atoms with Crippen LogP contribution >= 0.6 is 11.6 Å². The van der Waals surface area contributed by atoms with E-state index in [-0.39, 0.29) is 11.7 Å². The van der Waals surface area contributed by atoms with Crippen LogP contribution in [0.1, 0.15) is 32.7 Å². The Morgan fingerprint density at radius 2 is 2.00 bits per heavy atom. The molecule has 0 bridgehead atoms. The van der Waals surface area contributed by atoms with Crippen molar-refractivity contribution in [2.45, 2.75) is 13.0 Å². The van der Waals surface area contributed by atoms with Crippen LogP contribution in [0.15, 0.2) is 60.8 Å². The summed E-state index contributed by atoms with van der Waals surface area (Å²) in [4.78, 5) is 18.8. The van der Waals surface area contributed by atoms with Crippen molar-refractivity contribution in [1.82, 2.24) is 9.88 Å². The Balaban J connectivity index is 1.58. The van der Waals surface area contributed by atoms with Crippen molar-refractivity contribution < 1.29 is 9.18 Å². The summed E-state index contributed by atoms with van der Waals surface area (Å²) in [5, 5.41) is 0.478. The molecule has 0 saturated heterocycles. The zero-order chi connectivity index (χ0) is 19.5. The zero-order valence-electron chi connectivity index (χ0n) is 15.0. The molecular formula is C23H16ClFN2O. The third-order valence-electron chi connectivity index (χ3n) is 4.70. The van der Waals surface area contributed by atoms with Gasteiger partial charge in [-0.2, -0.15) is 0 Å². The highest BCUT2D eigenvalue weighted by atomic mass is 35.5. The minimum absolute atomic E-state index is 0.118. The lowest BCUT2D eigenvalue weighted by atomic mass is 9.98. The first-order chi connectivity index (χ1) is 13.6. The van der Waals surface area contributed by atoms with Crippen molar-refractivity contribution in [1.29, 1.82) is 0 Å². The number of benzene rings is 2. The molecule has 0 fully saturated rings. The van der Waals surface area contributed by atoms with Gasteiger partial charge in [0.05, 0.1) is 5.02 Å². The van der Waals surface area contributed by atoms with Crippen LogP contribution in [-0.4, -0.2) is 22.3 Å². The summed E-state index contributed by atoms with van der Waals surface area (Å²) in [7, 11) is 0. The molecule has 4 rings (SSSR count). The number of carbonyl (C=O) groups excluding carboxylic acids is 1. The van der Waals surface area contributed by atoms with Crippen LogP contribution in [0, 0.1) is 17.7 Å². The van der Waals surface area contributed by atoms with Gasteiger partial charge in [0.1, 0.15) is 11.5 Å². The molecule has 1 aliphatic rings. The van der Waals surface area contributed by atoms with Crippen LogP contribution in [0.3, 0.4) is 0 Å². The van der Waals surface area contributed by atoms with Gasteiger partial charge in [-0.1, -0.05) is 35.7 Å². The van der Waals surface area contributed by atoms with Crippen molar-refractivity contribution in [2.24, 2.45) is 0 Å². The van der Waals surface area contributed by atoms with Gasteiger partial charge in [0.15, 0.2) is 0 Å². The molecule has 0 unspecified atom stereocenters. The minimum atomic E-state index is -0.205. The SMILES string of the molecule is O=C(c1ccc(Cl)c(C#Cc2ccccn2)c1)N1CCc2c(F)cccc2C1. The van der Waals surface area contributed by atoms with E-state index >= 15 is 0 Å². The van der Waals surface area contributed by atoms with Crippen molar-refractivity contribution in [3.8, 4) is 11.8 Å². The van der Waals surface area contributed by atoms with E-state index in [1.165, 1.54) is 6.07 Å². The highest BCUT2D eigenvalue weighted by Crippen LogP contribution is 2.24. The fraction of sp³-hybridized carbons (Fsp3) is 0.130. The van der Waals surface area contributed by atoms with Crippen molar-refractivity contribution in [3.63, 3.8) is 0 Å². The molecule has 0 saturated carbocycles. The average molecular weight is 391 g/mol. The highest BCUT2D eigenvalue weighted by molar-refractivity contribution is 6.31. The molecule has 28 heavy (non-hydrogen) atoms. The fourth-order valence-electron chi connectivity index (χ4n) is 3.24. The molecule has 1 amide bonds. The Morgan fingerprint density at radius 3 is 2.82 bits per heavy atom. The average Bonchev–Trinajstić information content (AvgIpc) is 2.73. The maximum atomic E-state index is 13.9. The summed E-state index contributed by atoms with van der Waals surface area (Å²) >= 11 is 6.25. The first-order valence-corrected chi connectivity index (χ1v) is 9.28. The lowest BCUT2D eigenvalue weighted by Gasteiger charge is -2.29. The number of halogens is 2. The second-order valence-corrected chi connectivity index (χ2v) is 6.92. The van der Waals surface area contributed by atoms with E-state index in [0.29, 0.717) is 46.9 Å². The molecule has 2 aromatic carbocycles. The van der Waals surface area contributed by atoms with Gasteiger partial charge in [-0.05, 0) is 59.9 Å². The number of nitrogens with zero attached hydrogens (tertiary/aromatic N) is 2. The molecule has 0 atom stereocenters. The smallest absolute Gasteiger partial charge is 0.254 e. The lowest BCUT2D eigenvalue weighted by molar-refractivity contribution is 0.0733. The van der Waals surface area contributed by atoms with Crippen molar-refractivity contribution in [2.75, 3.05) is 6.54 Å². The second kappa shape index (κ2) is 7.84. The third-order valence-corrected chi connectivity index (χ3v) is 5.03. The second-order valence-electron chi connectivity index (χ2n) is 6.51. The van der Waals surface area contributed by atoms with Gasteiger partial charge in [-0.3, -0.25) is 4.79 Å². The van der Waals surface area contributed by atoms with Crippen LogP contribution in [0.5, 0.6) is 0 Å². The van der Waals surface area contributed by atoms with Crippen LogP contribution < -0.4 is 0 Å². The molecule has 1 aliphatic heterocycles. The Kier molecular flexibility index (Phi) is 5.10. The first kappa shape index (κ1) is 18.2. The molecule has 2 heterocycles. The predicted molar refractivity (Wildman–Crippen MR) is 107 cm³/mol. The normalized spacial score (nSPS) is 12.7. The van der Waals surface area contributed by atoms with E-state index in [0.717, 1.165) is 5.56 Å². The summed E-state index contributed by atoms with van der Waals surface area (Å²) in [5.41, 5.74) is 3.26. The van der Waals surface area contributed by atoms with E-state index in [1.807, 2.05) is 18.2 Å². The standard InChI is InChI=1S/C23H16ClFN2O/c24-21-10-8-17(14-16(21)7-9-19-5-1-2-12-26-19)23(28)27-13-11-20-18(15-27)4-3-6-22(20)25/h1-6,8,10,12,14H,11,13,15H2. The third kappa shape index (κ3) is 3.76. The Bertz CT molecular complexity index is 1100. The molecule has 0 aliphatic carbocycles. The van der Waals surface area contributed by atoms with E-state index < -0.39 is 0 Å². The lowest BCUT2D eigenvalue weighted by Crippen LogP contribution is -2.36. The first-order valence-electron chi connectivity index (χ1n) is 8.90. The molecule has 0 radical (unpaired) electrons. The van der Waals surface area contributed by atoms with Crippen molar-refractivity contribution >= 4 is 17.5 Å². The molecule has 3 nitrogen and oxygen atoms in total. The van der Waals surface area contributed by atoms with Gasteiger partial charge < -0.3 is 4.90 Å². The highest BCUT2D eigenvalue weighted by Gasteiger charge is 2.23. The summed E-state index contributed by atoms with van der Waals surface area (Å²) < 4.78 is 13.9. The zero-order valence-corrected chi connectivity index (χ0v) is 15.7. The van der Waals surface area contributed by atoms with E-state index in [2.05, 4.69) is 16.8 Å². The van der Waals surface area contributed by atoms with Gasteiger partial charge in [0, 0.05) is 30.4 Å². The monoisotopic (exact) mass is 390 g/mol. The number of amides is 1. The number of aromatic nitrogens is 1. The Morgan fingerprint density at radius 1 is 1.11 bits per heavy atom. The number of carbonyl (C=O) groups is 1. The minimum Gasteiger partial charge on any atom is -0.334 e. The van der Waals surface area contributed by atoms with Crippen LogP contribution in [-0.2, 0) is 13.0 Å². The summed E-state index contributed by atoms with van der Waals surface area (Å²) in [5.74, 6) is 5.62. The fourth-order valence-corrected chi connectivity index (χ4v) is 3.41. The molecule has 138 valence electrons. The van der Waals surface area contributed by atoms with Gasteiger partial charge in [0.25, 0.3) is 5.91 Å². The number of rotatable bonds is 1. The molecule has 1 aromatic heterocycles. The molecular weight excluding hydrogens is 375 g/mol. The Hall–Kier alpha value is -3.16. The van der Waals surface area contributed by atoms with E-state index in [1.54, 1.807) is 41.4 Å². The van der Waals surface area contributed by atoms with Gasteiger partial charge >= 0.3 is 0 Å². The number of hydrogen-bond acceptors (Lipinski definition) is 2. The maximum Gasteiger partial charge on any atom is 0.254 e. The van der Waals surface area contributed by atoms with Gasteiger partial charge in [-0.15, -0.1) is 0 Å². The number of fused-ring (bicyclic) bond motifs is 1. The predicted octanol–water partition coefficient (Wildman–Crippen LogP) is 4.47. The summed E-state index contributed by atoms with van der Waals surface area (Å²) in [6.45, 7) is 0.869. The molecule has 5 heteroatoms. The molecule has 3 aromatic rings. The summed E-state index contributed by atoms with van der Waals surface area (Å²) in [6.07, 6.45) is 2.18. The van der Waals surface area contributed by atoms with Crippen molar-refractivity contribution in [3.05, 3.63) is 99.6 Å². The number of hydrogen-bond donors (Lipinski definition) is 0. The van der Waals surface area contributed by atoms with Crippen LogP contribution in [0.2, 0.25) is 5.02 Å². The van der Waals surface area contributed by atoms with Crippen LogP contribution in [0.4, 0.5) is 4.39 Å². The summed E-state index contributed by atoms with van der Waals surface area (Å²) in [6, 6.07) is 15.5. The van der Waals surface area contributed by atoms with E-state index in [9.17, 15) is 9.18 Å². The van der Waals surface area contributed by atoms with Gasteiger partial charge in [-0.25, -0.2) is 9.37 Å². The quantitative estimate of drug-likeness (QED) is 0.574. The molecule has 0 N–H and O–H groups in total. The molecule has 0 spiro atoms. The number of pyridine rings is 1. The Labute approximate surface area is 167 Å². The largest absolute Gasteiger partial charge is 0.334 e.